The van der Waals surface area contributed by atoms with Crippen molar-refractivity contribution in [3.63, 3.8) is 0 Å². The normalized spacial score (nSPS) is 23.0. The van der Waals surface area contributed by atoms with Crippen molar-refractivity contribution in [3.05, 3.63) is 28.5 Å². The SMILES string of the molecule is O=C1C2CCCCN2C(=O)CCN1c1cc(Br)ccc1F. The van der Waals surface area contributed by atoms with E-state index in [2.05, 4.69) is 15.9 Å². The van der Waals surface area contributed by atoms with E-state index in [4.69, 9.17) is 0 Å². The quantitative estimate of drug-likeness (QED) is 0.777. The van der Waals surface area contributed by atoms with Crippen molar-refractivity contribution in [2.24, 2.45) is 0 Å². The lowest BCUT2D eigenvalue weighted by molar-refractivity contribution is -0.139. The van der Waals surface area contributed by atoms with Crippen LogP contribution in [0.3, 0.4) is 0 Å². The Morgan fingerprint density at radius 1 is 1.19 bits per heavy atom. The summed E-state index contributed by atoms with van der Waals surface area (Å²) in [5.74, 6) is -0.619. The monoisotopic (exact) mass is 354 g/mol. The third-order valence-corrected chi connectivity index (χ3v) is 4.62. The number of nitrogens with zero attached hydrogens (tertiary/aromatic N) is 2. The molecule has 2 saturated heterocycles. The Morgan fingerprint density at radius 2 is 2.00 bits per heavy atom. The number of piperidine rings is 1. The number of rotatable bonds is 1. The predicted octanol–water partition coefficient (Wildman–Crippen LogP) is 2.71. The summed E-state index contributed by atoms with van der Waals surface area (Å²) >= 11 is 3.30. The summed E-state index contributed by atoms with van der Waals surface area (Å²) in [5, 5.41) is 0. The van der Waals surface area contributed by atoms with E-state index < -0.39 is 11.9 Å². The zero-order chi connectivity index (χ0) is 15.0. The van der Waals surface area contributed by atoms with Crippen LogP contribution in [-0.2, 0) is 9.59 Å². The van der Waals surface area contributed by atoms with E-state index in [1.165, 1.54) is 11.0 Å². The van der Waals surface area contributed by atoms with Crippen molar-refractivity contribution in [2.75, 3.05) is 18.0 Å². The first-order chi connectivity index (χ1) is 10.1. The van der Waals surface area contributed by atoms with Crippen molar-refractivity contribution in [1.82, 2.24) is 4.90 Å². The van der Waals surface area contributed by atoms with Gasteiger partial charge in [0.15, 0.2) is 0 Å². The van der Waals surface area contributed by atoms with E-state index in [1.807, 2.05) is 0 Å². The second-order valence-corrected chi connectivity index (χ2v) is 6.35. The van der Waals surface area contributed by atoms with Crippen molar-refractivity contribution >= 4 is 33.4 Å². The number of carbonyl (C=O) groups excluding carboxylic acids is 2. The number of hydrogen-bond donors (Lipinski definition) is 0. The molecule has 0 radical (unpaired) electrons. The summed E-state index contributed by atoms with van der Waals surface area (Å²) in [6.45, 7) is 0.863. The Labute approximate surface area is 131 Å². The van der Waals surface area contributed by atoms with Gasteiger partial charge in [-0.05, 0) is 37.5 Å². The van der Waals surface area contributed by atoms with E-state index in [0.29, 0.717) is 17.4 Å². The van der Waals surface area contributed by atoms with Crippen LogP contribution in [0, 0.1) is 5.82 Å². The topological polar surface area (TPSA) is 40.6 Å². The third-order valence-electron chi connectivity index (χ3n) is 4.12. The number of hydrogen-bond acceptors (Lipinski definition) is 2. The first-order valence-electron chi connectivity index (χ1n) is 7.14. The first-order valence-corrected chi connectivity index (χ1v) is 7.93. The number of amides is 2. The summed E-state index contributed by atoms with van der Waals surface area (Å²) in [7, 11) is 0. The van der Waals surface area contributed by atoms with Gasteiger partial charge >= 0.3 is 0 Å². The molecule has 2 heterocycles. The smallest absolute Gasteiger partial charge is 0.249 e. The molecule has 1 aromatic carbocycles. The maximum atomic E-state index is 14.1. The van der Waals surface area contributed by atoms with Gasteiger partial charge in [0.1, 0.15) is 11.9 Å². The van der Waals surface area contributed by atoms with Crippen molar-refractivity contribution in [2.45, 2.75) is 31.7 Å². The molecule has 0 aromatic heterocycles. The van der Waals surface area contributed by atoms with Crippen LogP contribution in [-0.4, -0.2) is 35.8 Å². The van der Waals surface area contributed by atoms with Crippen molar-refractivity contribution < 1.29 is 14.0 Å². The molecule has 4 nitrogen and oxygen atoms in total. The van der Waals surface area contributed by atoms with Gasteiger partial charge in [0.05, 0.1) is 5.69 Å². The molecular weight excluding hydrogens is 339 g/mol. The molecule has 3 rings (SSSR count). The lowest BCUT2D eigenvalue weighted by atomic mass is 10.0. The molecule has 0 saturated carbocycles. The summed E-state index contributed by atoms with van der Waals surface area (Å²) in [4.78, 5) is 28.0. The highest BCUT2D eigenvalue weighted by Gasteiger charge is 2.38. The highest BCUT2D eigenvalue weighted by molar-refractivity contribution is 9.10. The molecule has 2 fully saturated rings. The second kappa shape index (κ2) is 5.75. The summed E-state index contributed by atoms with van der Waals surface area (Å²) < 4.78 is 14.8. The summed E-state index contributed by atoms with van der Waals surface area (Å²) in [6.07, 6.45) is 2.76. The standard InChI is InChI=1S/C15H16BrFN2O2/c16-10-4-5-11(17)13(9-10)19-8-6-14(20)18-7-2-1-3-12(18)15(19)21/h4-5,9,12H,1-3,6-8H2. The van der Waals surface area contributed by atoms with E-state index in [1.54, 1.807) is 17.0 Å². The zero-order valence-corrected chi connectivity index (χ0v) is 13.1. The molecule has 6 heteroatoms. The van der Waals surface area contributed by atoms with Gasteiger partial charge in [-0.2, -0.15) is 0 Å². The lowest BCUT2D eigenvalue weighted by Gasteiger charge is -2.34. The van der Waals surface area contributed by atoms with Gasteiger partial charge in [-0.25, -0.2) is 4.39 Å². The van der Waals surface area contributed by atoms with Crippen LogP contribution >= 0.6 is 15.9 Å². The largest absolute Gasteiger partial charge is 0.331 e. The average molecular weight is 355 g/mol. The number of benzene rings is 1. The number of halogens is 2. The number of carbonyl (C=O) groups is 2. The highest BCUT2D eigenvalue weighted by atomic mass is 79.9. The molecule has 0 spiro atoms. The molecule has 21 heavy (non-hydrogen) atoms. The van der Waals surface area contributed by atoms with Gasteiger partial charge < -0.3 is 9.80 Å². The fraction of sp³-hybridized carbons (Fsp3) is 0.467. The molecule has 1 aromatic rings. The van der Waals surface area contributed by atoms with Gasteiger partial charge in [-0.3, -0.25) is 9.59 Å². The van der Waals surface area contributed by atoms with Gasteiger partial charge in [-0.15, -0.1) is 0 Å². The molecule has 1 atom stereocenters. The second-order valence-electron chi connectivity index (χ2n) is 5.43. The van der Waals surface area contributed by atoms with Crippen molar-refractivity contribution in [3.8, 4) is 0 Å². The first kappa shape index (κ1) is 14.5. The minimum absolute atomic E-state index is 0.00838. The zero-order valence-electron chi connectivity index (χ0n) is 11.5. The fourth-order valence-electron chi connectivity index (χ4n) is 3.06. The van der Waals surface area contributed by atoms with Gasteiger partial charge in [0.25, 0.3) is 0 Å². The lowest BCUT2D eigenvalue weighted by Crippen LogP contribution is -2.50. The van der Waals surface area contributed by atoms with E-state index in [0.717, 1.165) is 12.8 Å². The summed E-state index contributed by atoms with van der Waals surface area (Å²) in [6, 6.07) is 4.08. The predicted molar refractivity (Wildman–Crippen MR) is 80.4 cm³/mol. The van der Waals surface area contributed by atoms with E-state index in [9.17, 15) is 14.0 Å². The van der Waals surface area contributed by atoms with E-state index >= 15 is 0 Å². The van der Waals surface area contributed by atoms with Gasteiger partial charge in [0.2, 0.25) is 11.8 Å². The minimum atomic E-state index is -0.441. The van der Waals surface area contributed by atoms with Crippen LogP contribution in [0.15, 0.2) is 22.7 Å². The van der Waals surface area contributed by atoms with E-state index in [-0.39, 0.29) is 30.5 Å². The molecule has 2 aliphatic rings. The summed E-state index contributed by atoms with van der Waals surface area (Å²) in [5.41, 5.74) is 0.245. The van der Waals surface area contributed by atoms with Gasteiger partial charge in [0, 0.05) is 24.0 Å². The van der Waals surface area contributed by atoms with Crippen LogP contribution in [0.25, 0.3) is 0 Å². The molecule has 2 amide bonds. The number of anilines is 1. The maximum absolute atomic E-state index is 14.1. The van der Waals surface area contributed by atoms with Gasteiger partial charge in [-0.1, -0.05) is 15.9 Å². The van der Waals surface area contributed by atoms with Crippen LogP contribution in [0.1, 0.15) is 25.7 Å². The Kier molecular flexibility index (Phi) is 3.97. The third kappa shape index (κ3) is 2.69. The maximum Gasteiger partial charge on any atom is 0.249 e. The van der Waals surface area contributed by atoms with Crippen LogP contribution < -0.4 is 4.90 Å². The Bertz CT molecular complexity index is 593. The minimum Gasteiger partial charge on any atom is -0.331 e. The number of fused-ring (bicyclic) bond motifs is 1. The molecule has 0 bridgehead atoms. The van der Waals surface area contributed by atoms with Crippen molar-refractivity contribution in [1.29, 1.82) is 0 Å². The Balaban J connectivity index is 1.97. The van der Waals surface area contributed by atoms with Crippen LogP contribution in [0.4, 0.5) is 10.1 Å². The van der Waals surface area contributed by atoms with Crippen LogP contribution in [0.2, 0.25) is 0 Å². The Morgan fingerprint density at radius 3 is 2.81 bits per heavy atom. The van der Waals surface area contributed by atoms with Crippen LogP contribution in [0.5, 0.6) is 0 Å². The fourth-order valence-corrected chi connectivity index (χ4v) is 3.41. The average Bonchev–Trinajstić information content (AvgIpc) is 2.61. The highest BCUT2D eigenvalue weighted by Crippen LogP contribution is 2.29. The molecule has 112 valence electrons. The molecular formula is C15H16BrFN2O2. The Hall–Kier alpha value is -1.43. The molecule has 0 aliphatic carbocycles. The molecule has 2 aliphatic heterocycles. The molecule has 0 N–H and O–H groups in total. The molecule has 1 unspecified atom stereocenters.